The molecule has 0 spiro atoms. The quantitative estimate of drug-likeness (QED) is 0.401. The highest BCUT2D eigenvalue weighted by Crippen LogP contribution is 2.07. The van der Waals surface area contributed by atoms with E-state index < -0.39 is 0 Å². The predicted octanol–water partition coefficient (Wildman–Crippen LogP) is 1.54. The van der Waals surface area contributed by atoms with Gasteiger partial charge in [-0.25, -0.2) is 9.71 Å². The van der Waals surface area contributed by atoms with Crippen LogP contribution < -0.4 is 5.32 Å². The Morgan fingerprint density at radius 1 is 1.42 bits per heavy atom. The molecule has 64 valence electrons. The lowest BCUT2D eigenvalue weighted by Crippen LogP contribution is -2.07. The first-order chi connectivity index (χ1) is 5.68. The lowest BCUT2D eigenvalue weighted by Gasteiger charge is -1.94. The normalized spacial score (nSPS) is 9.25. The van der Waals surface area contributed by atoms with Crippen LogP contribution in [0, 0.1) is 5.82 Å². The predicted molar refractivity (Wildman–Crippen MR) is 48.2 cm³/mol. The zero-order valence-electron chi connectivity index (χ0n) is 7.21. The van der Waals surface area contributed by atoms with Crippen LogP contribution in [0.2, 0.25) is 0 Å². The second-order valence-electron chi connectivity index (χ2n) is 2.75. The van der Waals surface area contributed by atoms with Crippen molar-refractivity contribution in [3.63, 3.8) is 0 Å². The molecule has 1 rings (SSSR count). The summed E-state index contributed by atoms with van der Waals surface area (Å²) < 4.78 is 14.5. The van der Waals surface area contributed by atoms with Gasteiger partial charge in [-0.05, 0) is 12.1 Å². The van der Waals surface area contributed by atoms with Crippen molar-refractivity contribution in [3.05, 3.63) is 30.1 Å². The second kappa shape index (κ2) is 3.85. The number of halogens is 1. The van der Waals surface area contributed by atoms with Crippen molar-refractivity contribution in [2.75, 3.05) is 19.4 Å². The number of benzene rings is 1. The largest absolute Gasteiger partial charge is 0.273 e. The van der Waals surface area contributed by atoms with E-state index in [1.807, 2.05) is 24.7 Å². The highest BCUT2D eigenvalue weighted by molar-refractivity contribution is 5.71. The average molecular weight is 167 g/mol. The van der Waals surface area contributed by atoms with Crippen LogP contribution in [0.4, 0.5) is 10.1 Å². The van der Waals surface area contributed by atoms with Gasteiger partial charge < -0.3 is 0 Å². The minimum absolute atomic E-state index is 0.229. The van der Waals surface area contributed by atoms with Crippen LogP contribution in [0.5, 0.6) is 0 Å². The maximum atomic E-state index is 12.6. The summed E-state index contributed by atoms with van der Waals surface area (Å²) in [6.45, 7) is 0. The van der Waals surface area contributed by atoms with E-state index in [4.69, 9.17) is 0 Å². The summed E-state index contributed by atoms with van der Waals surface area (Å²) in [4.78, 5) is 0. The van der Waals surface area contributed by atoms with Crippen molar-refractivity contribution in [2.24, 2.45) is 0 Å². The van der Waals surface area contributed by atoms with Crippen LogP contribution in [0.1, 0.15) is 0 Å². The Morgan fingerprint density at radius 2 is 2.17 bits per heavy atom. The highest BCUT2D eigenvalue weighted by Gasteiger charge is 1.95. The van der Waals surface area contributed by atoms with Gasteiger partial charge in [0.25, 0.3) is 0 Å². The molecule has 0 aliphatic rings. The van der Waals surface area contributed by atoms with E-state index in [1.165, 1.54) is 12.1 Å². The molecule has 1 aromatic rings. The average Bonchev–Trinajstić information content (AvgIpc) is 2.01. The maximum absolute atomic E-state index is 12.6. The summed E-state index contributed by atoms with van der Waals surface area (Å²) in [6, 6.07) is 6.34. The first-order valence-corrected chi connectivity index (χ1v) is 3.70. The smallest absolute Gasteiger partial charge is 0.236 e. The molecule has 0 saturated heterocycles. The molecule has 0 atom stereocenters. The summed E-state index contributed by atoms with van der Waals surface area (Å²) in [7, 11) is 3.79. The summed E-state index contributed by atoms with van der Waals surface area (Å²) in [6.07, 6.45) is 1.76. The van der Waals surface area contributed by atoms with Crippen molar-refractivity contribution in [2.45, 2.75) is 0 Å². The summed E-state index contributed by atoms with van der Waals surface area (Å²) in [5, 5.41) is 2.95. The number of nitrogens with one attached hydrogen (secondary N) is 1. The van der Waals surface area contributed by atoms with Gasteiger partial charge in [0.2, 0.25) is 6.34 Å². The first-order valence-electron chi connectivity index (χ1n) is 3.70. The first kappa shape index (κ1) is 8.71. The van der Waals surface area contributed by atoms with E-state index in [-0.39, 0.29) is 5.82 Å². The molecule has 0 bridgehead atoms. The molecular formula is C9H12FN2+. The number of hydrogen-bond acceptors (Lipinski definition) is 0. The van der Waals surface area contributed by atoms with Crippen LogP contribution in [0.15, 0.2) is 24.3 Å². The van der Waals surface area contributed by atoms with Crippen LogP contribution in [-0.2, 0) is 0 Å². The van der Waals surface area contributed by atoms with E-state index in [9.17, 15) is 4.39 Å². The standard InChI is InChI=1S/C9H11FN2/c1-12(2)7-11-9-5-3-4-8(10)6-9/h3-7H,1-2H3/p+1. The number of nitrogens with zero attached hydrogens (tertiary/aromatic N) is 1. The van der Waals surface area contributed by atoms with Gasteiger partial charge in [0.05, 0.1) is 14.1 Å². The molecule has 0 aliphatic carbocycles. The van der Waals surface area contributed by atoms with Gasteiger partial charge in [0.15, 0.2) is 0 Å². The number of hydrogen-bond donors (Lipinski definition) is 1. The number of rotatable bonds is 2. The van der Waals surface area contributed by atoms with Gasteiger partial charge in [-0.15, -0.1) is 0 Å². The lowest BCUT2D eigenvalue weighted by atomic mass is 10.3. The Bertz CT molecular complexity index is 290. The van der Waals surface area contributed by atoms with E-state index >= 15 is 0 Å². The fourth-order valence-electron chi connectivity index (χ4n) is 0.782. The summed E-state index contributed by atoms with van der Waals surface area (Å²) in [5.41, 5.74) is 0.753. The maximum Gasteiger partial charge on any atom is 0.236 e. The molecule has 0 aromatic heterocycles. The van der Waals surface area contributed by atoms with Gasteiger partial charge in [-0.3, -0.25) is 4.58 Å². The molecule has 0 radical (unpaired) electrons. The molecular weight excluding hydrogens is 155 g/mol. The van der Waals surface area contributed by atoms with Gasteiger partial charge in [-0.1, -0.05) is 6.07 Å². The minimum atomic E-state index is -0.229. The molecule has 12 heavy (non-hydrogen) atoms. The molecule has 1 N–H and O–H groups in total. The zero-order valence-corrected chi connectivity index (χ0v) is 7.21. The molecule has 1 aromatic carbocycles. The summed E-state index contributed by atoms with van der Waals surface area (Å²) in [5.74, 6) is -0.229. The number of anilines is 1. The minimum Gasteiger partial charge on any atom is -0.273 e. The van der Waals surface area contributed by atoms with Gasteiger partial charge in [0, 0.05) is 6.07 Å². The van der Waals surface area contributed by atoms with Gasteiger partial charge >= 0.3 is 0 Å². The highest BCUT2D eigenvalue weighted by atomic mass is 19.1. The molecule has 0 unspecified atom stereocenters. The van der Waals surface area contributed by atoms with Crippen molar-refractivity contribution in [1.82, 2.24) is 0 Å². The van der Waals surface area contributed by atoms with Gasteiger partial charge in [0.1, 0.15) is 11.5 Å². The monoisotopic (exact) mass is 167 g/mol. The fourth-order valence-corrected chi connectivity index (χ4v) is 0.782. The topological polar surface area (TPSA) is 15.0 Å². The second-order valence-corrected chi connectivity index (χ2v) is 2.75. The third kappa shape index (κ3) is 2.70. The van der Waals surface area contributed by atoms with Crippen LogP contribution in [0.25, 0.3) is 0 Å². The van der Waals surface area contributed by atoms with Crippen molar-refractivity contribution in [3.8, 4) is 0 Å². The molecule has 0 amide bonds. The van der Waals surface area contributed by atoms with E-state index in [0.29, 0.717) is 0 Å². The van der Waals surface area contributed by atoms with Gasteiger partial charge in [-0.2, -0.15) is 0 Å². The third-order valence-corrected chi connectivity index (χ3v) is 1.31. The molecule has 0 aliphatic heterocycles. The Balaban J connectivity index is 2.70. The molecule has 2 nitrogen and oxygen atoms in total. The Labute approximate surface area is 71.3 Å². The van der Waals surface area contributed by atoms with E-state index in [2.05, 4.69) is 5.32 Å². The Morgan fingerprint density at radius 3 is 2.75 bits per heavy atom. The zero-order chi connectivity index (χ0) is 8.97. The van der Waals surface area contributed by atoms with E-state index in [1.54, 1.807) is 12.4 Å². The molecule has 0 saturated carbocycles. The Kier molecular flexibility index (Phi) is 2.80. The Hall–Kier alpha value is -1.38. The molecule has 3 heteroatoms. The SMILES string of the molecule is C[N+](C)=CNc1cccc(F)c1. The van der Waals surface area contributed by atoms with Crippen molar-refractivity contribution in [1.29, 1.82) is 0 Å². The van der Waals surface area contributed by atoms with E-state index in [0.717, 1.165) is 5.69 Å². The van der Waals surface area contributed by atoms with Crippen molar-refractivity contribution >= 4 is 12.0 Å². The van der Waals surface area contributed by atoms with Crippen LogP contribution in [0.3, 0.4) is 0 Å². The third-order valence-electron chi connectivity index (χ3n) is 1.31. The molecule has 0 fully saturated rings. The van der Waals surface area contributed by atoms with Crippen LogP contribution in [-0.4, -0.2) is 25.0 Å². The molecule has 0 heterocycles. The van der Waals surface area contributed by atoms with Crippen LogP contribution >= 0.6 is 0 Å². The fraction of sp³-hybridized carbons (Fsp3) is 0.222. The van der Waals surface area contributed by atoms with Crippen molar-refractivity contribution < 1.29 is 8.97 Å². The summed E-state index contributed by atoms with van der Waals surface area (Å²) >= 11 is 0. The lowest BCUT2D eigenvalue weighted by molar-refractivity contribution is -0.459.